The van der Waals surface area contributed by atoms with Gasteiger partial charge in [-0.2, -0.15) is 0 Å². The zero-order valence-corrected chi connectivity index (χ0v) is 12.2. The third-order valence-electron chi connectivity index (χ3n) is 2.09. The van der Waals surface area contributed by atoms with Gasteiger partial charge in [0.15, 0.2) is 0 Å². The van der Waals surface area contributed by atoms with Crippen molar-refractivity contribution >= 4 is 30.8 Å². The summed E-state index contributed by atoms with van der Waals surface area (Å²) < 4.78 is 39.1. The van der Waals surface area contributed by atoms with E-state index in [2.05, 4.69) is 0 Å². The van der Waals surface area contributed by atoms with Crippen molar-refractivity contribution in [3.63, 3.8) is 0 Å². The van der Waals surface area contributed by atoms with Crippen LogP contribution >= 0.6 is 20.6 Å². The van der Waals surface area contributed by atoms with E-state index < -0.39 is 30.8 Å². The maximum atomic E-state index is 11.9. The van der Waals surface area contributed by atoms with Gasteiger partial charge in [0, 0.05) is 0 Å². The van der Waals surface area contributed by atoms with Crippen molar-refractivity contribution < 1.29 is 14.4 Å². The average Bonchev–Trinajstić information content (AvgIpc) is 2.40. The molecule has 0 bridgehead atoms. The van der Waals surface area contributed by atoms with Crippen molar-refractivity contribution in [2.75, 3.05) is 0 Å². The molecule has 4 nitrogen and oxygen atoms in total. The minimum atomic E-state index is -3.89. The normalized spacial score (nSPS) is 12.2. The first-order valence-corrected chi connectivity index (χ1v) is 9.37. The molecule has 0 aliphatic carbocycles. The van der Waals surface area contributed by atoms with Crippen LogP contribution < -0.4 is 0 Å². The van der Waals surface area contributed by atoms with Crippen LogP contribution in [0.4, 0.5) is 0 Å². The van der Waals surface area contributed by atoms with Crippen LogP contribution in [-0.4, -0.2) is 11.9 Å². The first kappa shape index (κ1) is 13.5. The summed E-state index contributed by atoms with van der Waals surface area (Å²) in [5.41, 5.74) is 0. The molecule has 0 aliphatic heterocycles. The van der Waals surface area contributed by atoms with Gasteiger partial charge >= 0.3 is 114 Å². The van der Waals surface area contributed by atoms with Gasteiger partial charge in [-0.15, -0.1) is 0 Å². The Morgan fingerprint density at radius 3 is 1.94 bits per heavy atom. The molecule has 0 aromatic heterocycles. The topological polar surface area (TPSA) is 63.6 Å². The van der Waals surface area contributed by atoms with E-state index in [9.17, 15) is 11.9 Å². The SMILES string of the molecule is O=S(=O)(OI(O)c1ccccc1)c1ccccc1. The molecule has 96 valence electrons. The first-order valence-electron chi connectivity index (χ1n) is 5.04. The van der Waals surface area contributed by atoms with Gasteiger partial charge in [-0.3, -0.25) is 0 Å². The fourth-order valence-electron chi connectivity index (χ4n) is 1.26. The van der Waals surface area contributed by atoms with Crippen molar-refractivity contribution in [1.82, 2.24) is 0 Å². The summed E-state index contributed by atoms with van der Waals surface area (Å²) in [6.45, 7) is 0. The van der Waals surface area contributed by atoms with Crippen molar-refractivity contribution in [3.8, 4) is 0 Å². The summed E-state index contributed by atoms with van der Waals surface area (Å²) in [6, 6.07) is 16.4. The molecule has 0 spiro atoms. The summed E-state index contributed by atoms with van der Waals surface area (Å²) in [5, 5.41) is 0. The molecule has 0 heterocycles. The van der Waals surface area contributed by atoms with Crippen LogP contribution in [-0.2, 0) is 12.6 Å². The van der Waals surface area contributed by atoms with Gasteiger partial charge in [-0.05, 0) is 0 Å². The van der Waals surface area contributed by atoms with Crippen LogP contribution in [0.25, 0.3) is 0 Å². The third-order valence-corrected chi connectivity index (χ3v) is 7.46. The van der Waals surface area contributed by atoms with Gasteiger partial charge in [0.2, 0.25) is 0 Å². The zero-order chi connectivity index (χ0) is 13.0. The third kappa shape index (κ3) is 3.29. The Morgan fingerprint density at radius 1 is 0.889 bits per heavy atom. The Kier molecular flexibility index (Phi) is 4.33. The Morgan fingerprint density at radius 2 is 1.39 bits per heavy atom. The van der Waals surface area contributed by atoms with Crippen LogP contribution in [0, 0.1) is 3.57 Å². The van der Waals surface area contributed by atoms with Gasteiger partial charge < -0.3 is 0 Å². The first-order chi connectivity index (χ1) is 8.59. The monoisotopic (exact) mass is 378 g/mol. The molecule has 6 heteroatoms. The van der Waals surface area contributed by atoms with Crippen LogP contribution in [0.2, 0.25) is 0 Å². The molecule has 2 aromatic rings. The Labute approximate surface area is 114 Å². The minimum absolute atomic E-state index is 0.0530. The molecule has 0 amide bonds. The maximum absolute atomic E-state index is 11.9. The van der Waals surface area contributed by atoms with Gasteiger partial charge in [0.25, 0.3) is 0 Å². The number of halogens is 1. The van der Waals surface area contributed by atoms with E-state index in [-0.39, 0.29) is 4.90 Å². The summed E-state index contributed by atoms with van der Waals surface area (Å²) in [7, 11) is -3.89. The Hall–Kier alpha value is -0.960. The van der Waals surface area contributed by atoms with Crippen molar-refractivity contribution in [2.45, 2.75) is 4.90 Å². The molecule has 0 saturated carbocycles. The predicted octanol–water partition coefficient (Wildman–Crippen LogP) is 2.59. The summed E-state index contributed by atoms with van der Waals surface area (Å²) in [5.74, 6) is 0. The molecule has 2 rings (SSSR count). The van der Waals surface area contributed by atoms with Crippen molar-refractivity contribution in [2.24, 2.45) is 0 Å². The van der Waals surface area contributed by atoms with E-state index in [4.69, 9.17) is 2.51 Å². The van der Waals surface area contributed by atoms with E-state index in [0.29, 0.717) is 3.57 Å². The molecule has 0 atom stereocenters. The zero-order valence-electron chi connectivity index (χ0n) is 9.23. The number of hydrogen-bond acceptors (Lipinski definition) is 4. The van der Waals surface area contributed by atoms with Gasteiger partial charge in [-0.25, -0.2) is 0 Å². The second kappa shape index (κ2) is 5.79. The molecule has 0 radical (unpaired) electrons. The molecule has 0 aliphatic rings. The Balaban J connectivity index is 2.20. The van der Waals surface area contributed by atoms with Crippen LogP contribution in [0.15, 0.2) is 65.6 Å². The second-order valence-corrected chi connectivity index (χ2v) is 8.50. The molecule has 1 N–H and O–H groups in total. The van der Waals surface area contributed by atoms with Gasteiger partial charge in [0.05, 0.1) is 0 Å². The van der Waals surface area contributed by atoms with Crippen LogP contribution in [0.1, 0.15) is 0 Å². The van der Waals surface area contributed by atoms with Crippen LogP contribution in [0.3, 0.4) is 0 Å². The summed E-state index contributed by atoms with van der Waals surface area (Å²) in [4.78, 5) is 0.0530. The van der Waals surface area contributed by atoms with Crippen molar-refractivity contribution in [3.05, 3.63) is 64.2 Å². The average molecular weight is 378 g/mol. The van der Waals surface area contributed by atoms with E-state index in [1.54, 1.807) is 48.5 Å². The number of hydrogen-bond donors (Lipinski definition) is 1. The van der Waals surface area contributed by atoms with Crippen molar-refractivity contribution in [1.29, 1.82) is 0 Å². The molecule has 0 fully saturated rings. The standard InChI is InChI=1S/C12H11IO4S/c14-13(11-7-3-1-4-8-11)17-18(15,16)12-9-5-2-6-10-12/h1-10,14H. The molecule has 0 saturated heterocycles. The molecule has 2 aromatic carbocycles. The van der Waals surface area contributed by atoms with E-state index in [1.165, 1.54) is 12.1 Å². The molecular formula is C12H11IO4S. The van der Waals surface area contributed by atoms with E-state index in [0.717, 1.165) is 0 Å². The summed E-state index contributed by atoms with van der Waals surface area (Å²) >= 11 is -3.13. The molecular weight excluding hydrogens is 367 g/mol. The number of benzene rings is 2. The van der Waals surface area contributed by atoms with Gasteiger partial charge in [-0.1, -0.05) is 0 Å². The van der Waals surface area contributed by atoms with Crippen LogP contribution in [0.5, 0.6) is 0 Å². The molecule has 0 unspecified atom stereocenters. The number of rotatable bonds is 4. The van der Waals surface area contributed by atoms with Gasteiger partial charge in [0.1, 0.15) is 0 Å². The van der Waals surface area contributed by atoms with E-state index >= 15 is 0 Å². The second-order valence-electron chi connectivity index (χ2n) is 3.36. The molecule has 18 heavy (non-hydrogen) atoms. The quantitative estimate of drug-likeness (QED) is 0.831. The van der Waals surface area contributed by atoms with E-state index in [1.807, 2.05) is 0 Å². The Bertz CT molecular complexity index is 598. The summed E-state index contributed by atoms with van der Waals surface area (Å²) in [6.07, 6.45) is 0. The fraction of sp³-hybridized carbons (Fsp3) is 0. The fourth-order valence-corrected chi connectivity index (χ4v) is 5.68. The predicted molar refractivity (Wildman–Crippen MR) is 76.1 cm³/mol.